The van der Waals surface area contributed by atoms with Crippen LogP contribution in [0.15, 0.2) is 47.3 Å². The fourth-order valence-corrected chi connectivity index (χ4v) is 2.62. The van der Waals surface area contributed by atoms with E-state index in [0.717, 1.165) is 0 Å². The van der Waals surface area contributed by atoms with Crippen LogP contribution in [0.25, 0.3) is 0 Å². The maximum Gasteiger partial charge on any atom is 0.336 e. The van der Waals surface area contributed by atoms with E-state index < -0.39 is 23.7 Å². The second-order valence-electron chi connectivity index (χ2n) is 5.21. The fraction of sp³-hybridized carbons (Fsp3) is 0.333. The molecule has 128 valence electrons. The summed E-state index contributed by atoms with van der Waals surface area (Å²) >= 11 is 0. The van der Waals surface area contributed by atoms with E-state index in [0.29, 0.717) is 11.3 Å². The SMILES string of the molecule is CCOC(=O)C1=CNC(C)=C(C(=O)OCC)C1c1cccc(F)c1. The highest BCUT2D eigenvalue weighted by Gasteiger charge is 2.35. The maximum atomic E-state index is 13.7. The van der Waals surface area contributed by atoms with E-state index in [1.807, 2.05) is 0 Å². The summed E-state index contributed by atoms with van der Waals surface area (Å²) in [5.74, 6) is -2.31. The zero-order valence-electron chi connectivity index (χ0n) is 13.9. The monoisotopic (exact) mass is 333 g/mol. The minimum Gasteiger partial charge on any atom is -0.463 e. The predicted molar refractivity (Wildman–Crippen MR) is 86.3 cm³/mol. The number of carbonyl (C=O) groups is 2. The molecule has 0 bridgehead atoms. The molecule has 0 saturated carbocycles. The van der Waals surface area contributed by atoms with E-state index in [1.165, 1.54) is 24.4 Å². The number of nitrogens with one attached hydrogen (secondary N) is 1. The number of allylic oxidation sites excluding steroid dienone is 1. The van der Waals surface area contributed by atoms with Crippen molar-refractivity contribution >= 4 is 11.9 Å². The molecule has 0 aliphatic carbocycles. The molecular weight excluding hydrogens is 313 g/mol. The number of benzene rings is 1. The number of esters is 2. The van der Waals surface area contributed by atoms with Gasteiger partial charge in [-0.1, -0.05) is 12.1 Å². The lowest BCUT2D eigenvalue weighted by atomic mass is 9.82. The van der Waals surface area contributed by atoms with Crippen molar-refractivity contribution in [2.45, 2.75) is 26.7 Å². The van der Waals surface area contributed by atoms with Crippen molar-refractivity contribution in [3.63, 3.8) is 0 Å². The zero-order chi connectivity index (χ0) is 17.7. The van der Waals surface area contributed by atoms with Gasteiger partial charge < -0.3 is 14.8 Å². The molecule has 1 aliphatic heterocycles. The summed E-state index contributed by atoms with van der Waals surface area (Å²) in [6.45, 7) is 5.49. The van der Waals surface area contributed by atoms with Crippen LogP contribution in [0.3, 0.4) is 0 Å². The molecule has 24 heavy (non-hydrogen) atoms. The Morgan fingerprint density at radius 1 is 1.17 bits per heavy atom. The van der Waals surface area contributed by atoms with E-state index in [1.54, 1.807) is 26.8 Å². The molecule has 0 aromatic heterocycles. The number of halogens is 1. The van der Waals surface area contributed by atoms with Gasteiger partial charge in [-0.3, -0.25) is 0 Å². The number of carbonyl (C=O) groups excluding carboxylic acids is 2. The number of hydrogen-bond donors (Lipinski definition) is 1. The molecule has 2 rings (SSSR count). The summed E-state index contributed by atoms with van der Waals surface area (Å²) in [4.78, 5) is 24.7. The molecule has 1 atom stereocenters. The number of ether oxygens (including phenoxy) is 2. The summed E-state index contributed by atoms with van der Waals surface area (Å²) in [6, 6.07) is 5.81. The topological polar surface area (TPSA) is 64.6 Å². The van der Waals surface area contributed by atoms with Crippen molar-refractivity contribution in [2.75, 3.05) is 13.2 Å². The van der Waals surface area contributed by atoms with Gasteiger partial charge in [0.25, 0.3) is 0 Å². The Balaban J connectivity index is 2.54. The predicted octanol–water partition coefficient (Wildman–Crippen LogP) is 2.80. The third kappa shape index (κ3) is 3.64. The molecule has 1 unspecified atom stereocenters. The van der Waals surface area contributed by atoms with Crippen LogP contribution in [-0.2, 0) is 19.1 Å². The molecule has 1 aliphatic rings. The number of dihydropyridines is 1. The Hall–Kier alpha value is -2.63. The number of hydrogen-bond acceptors (Lipinski definition) is 5. The van der Waals surface area contributed by atoms with Gasteiger partial charge in [0.15, 0.2) is 0 Å². The van der Waals surface area contributed by atoms with Crippen LogP contribution >= 0.6 is 0 Å². The highest BCUT2D eigenvalue weighted by atomic mass is 19.1. The summed E-state index contributed by atoms with van der Waals surface area (Å²) in [5.41, 5.74) is 1.54. The van der Waals surface area contributed by atoms with Gasteiger partial charge >= 0.3 is 11.9 Å². The zero-order valence-corrected chi connectivity index (χ0v) is 13.9. The summed E-state index contributed by atoms with van der Waals surface area (Å²) < 4.78 is 23.9. The molecule has 0 saturated heterocycles. The van der Waals surface area contributed by atoms with Crippen LogP contribution in [0.1, 0.15) is 32.3 Å². The molecule has 0 amide bonds. The van der Waals surface area contributed by atoms with Gasteiger partial charge in [-0.2, -0.15) is 0 Å². The smallest absolute Gasteiger partial charge is 0.336 e. The molecule has 5 nitrogen and oxygen atoms in total. The van der Waals surface area contributed by atoms with Crippen LogP contribution in [0.5, 0.6) is 0 Å². The molecule has 1 heterocycles. The molecule has 0 fully saturated rings. The molecule has 1 aromatic carbocycles. The van der Waals surface area contributed by atoms with E-state index in [4.69, 9.17) is 9.47 Å². The molecule has 0 radical (unpaired) electrons. The highest BCUT2D eigenvalue weighted by Crippen LogP contribution is 2.37. The van der Waals surface area contributed by atoms with Gasteiger partial charge in [0.05, 0.1) is 30.3 Å². The summed E-state index contributed by atoms with van der Waals surface area (Å²) in [6.07, 6.45) is 1.49. The van der Waals surface area contributed by atoms with E-state index in [-0.39, 0.29) is 24.4 Å². The lowest BCUT2D eigenvalue weighted by Crippen LogP contribution is -2.29. The van der Waals surface area contributed by atoms with Crippen molar-refractivity contribution in [3.05, 3.63) is 58.7 Å². The van der Waals surface area contributed by atoms with Gasteiger partial charge in [-0.05, 0) is 38.5 Å². The van der Waals surface area contributed by atoms with Crippen molar-refractivity contribution in [1.29, 1.82) is 0 Å². The van der Waals surface area contributed by atoms with E-state index in [9.17, 15) is 14.0 Å². The average Bonchev–Trinajstić information content (AvgIpc) is 2.54. The van der Waals surface area contributed by atoms with Crippen LogP contribution < -0.4 is 5.32 Å². The normalized spacial score (nSPS) is 17.0. The molecule has 0 spiro atoms. The molecule has 6 heteroatoms. The fourth-order valence-electron chi connectivity index (χ4n) is 2.62. The van der Waals surface area contributed by atoms with Crippen molar-refractivity contribution in [2.24, 2.45) is 0 Å². The van der Waals surface area contributed by atoms with Gasteiger partial charge in [-0.25, -0.2) is 14.0 Å². The molecular formula is C18H20FNO4. The largest absolute Gasteiger partial charge is 0.463 e. The van der Waals surface area contributed by atoms with Crippen molar-refractivity contribution in [3.8, 4) is 0 Å². The standard InChI is InChI=1S/C18H20FNO4/c1-4-23-17(21)14-10-20-11(3)15(18(22)24-5-2)16(14)12-7-6-8-13(19)9-12/h6-10,16,20H,4-5H2,1-3H3. The average molecular weight is 333 g/mol. The van der Waals surface area contributed by atoms with Crippen molar-refractivity contribution < 1.29 is 23.5 Å². The molecule has 1 aromatic rings. The van der Waals surface area contributed by atoms with E-state index in [2.05, 4.69) is 5.32 Å². The first-order valence-corrected chi connectivity index (χ1v) is 7.76. The Labute approximate surface area is 140 Å². The highest BCUT2D eigenvalue weighted by molar-refractivity contribution is 5.99. The third-order valence-corrected chi connectivity index (χ3v) is 3.64. The second kappa shape index (κ2) is 7.77. The Kier molecular flexibility index (Phi) is 5.73. The van der Waals surface area contributed by atoms with Crippen molar-refractivity contribution in [1.82, 2.24) is 5.32 Å². The first kappa shape index (κ1) is 17.7. The van der Waals surface area contributed by atoms with Gasteiger partial charge in [-0.15, -0.1) is 0 Å². The number of rotatable bonds is 5. The first-order chi connectivity index (χ1) is 11.5. The van der Waals surface area contributed by atoms with Crippen LogP contribution in [-0.4, -0.2) is 25.2 Å². The van der Waals surface area contributed by atoms with Crippen LogP contribution in [0.4, 0.5) is 4.39 Å². The lowest BCUT2D eigenvalue weighted by molar-refractivity contribution is -0.139. The Morgan fingerprint density at radius 2 is 1.83 bits per heavy atom. The van der Waals surface area contributed by atoms with Gasteiger partial charge in [0, 0.05) is 11.9 Å². The summed E-state index contributed by atoms with van der Waals surface area (Å²) in [7, 11) is 0. The van der Waals surface area contributed by atoms with Gasteiger partial charge in [0.2, 0.25) is 0 Å². The first-order valence-electron chi connectivity index (χ1n) is 7.76. The maximum absolute atomic E-state index is 13.7. The van der Waals surface area contributed by atoms with Crippen LogP contribution in [0.2, 0.25) is 0 Å². The summed E-state index contributed by atoms with van der Waals surface area (Å²) in [5, 5.41) is 2.90. The Bertz CT molecular complexity index is 709. The van der Waals surface area contributed by atoms with Gasteiger partial charge in [0.1, 0.15) is 5.82 Å². The van der Waals surface area contributed by atoms with E-state index >= 15 is 0 Å². The third-order valence-electron chi connectivity index (χ3n) is 3.64. The lowest BCUT2D eigenvalue weighted by Gasteiger charge is -2.27. The minimum atomic E-state index is -0.750. The minimum absolute atomic E-state index is 0.198. The second-order valence-corrected chi connectivity index (χ2v) is 5.21. The Morgan fingerprint density at radius 3 is 2.46 bits per heavy atom. The quantitative estimate of drug-likeness (QED) is 0.840. The molecule has 1 N–H and O–H groups in total. The van der Waals surface area contributed by atoms with Crippen LogP contribution in [0, 0.1) is 5.82 Å².